The molecule has 1 aromatic rings. The smallest absolute Gasteiger partial charge is 0.363 e. The molecule has 0 bridgehead atoms. The summed E-state index contributed by atoms with van der Waals surface area (Å²) in [4.78, 5) is 15.4. The zero-order valence-corrected chi connectivity index (χ0v) is 12.0. The van der Waals surface area contributed by atoms with Gasteiger partial charge in [-0.15, -0.1) is 0 Å². The third-order valence-electron chi connectivity index (χ3n) is 2.38. The minimum absolute atomic E-state index is 0.0256. The van der Waals surface area contributed by atoms with Crippen molar-refractivity contribution in [2.45, 2.75) is 13.8 Å². The van der Waals surface area contributed by atoms with Crippen LogP contribution in [-0.4, -0.2) is 23.6 Å². The first-order chi connectivity index (χ1) is 9.01. The number of ether oxygens (including phenoxy) is 2. The number of esters is 1. The average Bonchev–Trinajstić information content (AvgIpc) is 2.64. The van der Waals surface area contributed by atoms with E-state index in [1.807, 2.05) is 6.92 Å². The van der Waals surface area contributed by atoms with Gasteiger partial charge in [0.15, 0.2) is 23.1 Å². The molecular weight excluding hydrogens is 314 g/mol. The van der Waals surface area contributed by atoms with Crippen LogP contribution in [0.2, 0.25) is 0 Å². The van der Waals surface area contributed by atoms with Gasteiger partial charge < -0.3 is 14.6 Å². The lowest BCUT2D eigenvalue weighted by Gasteiger charge is -2.08. The lowest BCUT2D eigenvalue weighted by atomic mass is 10.1. The summed E-state index contributed by atoms with van der Waals surface area (Å²) in [5.74, 6) is 0.201. The molecular formula is C13H12BrNO4. The van der Waals surface area contributed by atoms with E-state index >= 15 is 0 Å². The molecule has 6 heteroatoms. The number of halogens is 1. The summed E-state index contributed by atoms with van der Waals surface area (Å²) in [6.45, 7) is 3.86. The molecule has 0 unspecified atom stereocenters. The fourth-order valence-corrected chi connectivity index (χ4v) is 2.08. The van der Waals surface area contributed by atoms with Gasteiger partial charge in [-0.3, -0.25) is 0 Å². The van der Waals surface area contributed by atoms with Crippen LogP contribution in [0.4, 0.5) is 0 Å². The SMILES string of the molecule is CCOc1cc(/C=C2/N=C(C)OC2=O)cc(Br)c1O. The molecule has 1 N–H and O–H groups in total. The van der Waals surface area contributed by atoms with Gasteiger partial charge in [0.2, 0.25) is 0 Å². The summed E-state index contributed by atoms with van der Waals surface area (Å²) >= 11 is 3.23. The Morgan fingerprint density at radius 3 is 2.84 bits per heavy atom. The maximum Gasteiger partial charge on any atom is 0.363 e. The molecule has 0 saturated carbocycles. The topological polar surface area (TPSA) is 68.1 Å². The monoisotopic (exact) mass is 325 g/mol. The molecule has 1 aliphatic heterocycles. The van der Waals surface area contributed by atoms with Crippen molar-refractivity contribution in [1.82, 2.24) is 0 Å². The van der Waals surface area contributed by atoms with Gasteiger partial charge in [-0.05, 0) is 46.6 Å². The van der Waals surface area contributed by atoms with Gasteiger partial charge in [-0.25, -0.2) is 9.79 Å². The zero-order chi connectivity index (χ0) is 14.0. The molecule has 19 heavy (non-hydrogen) atoms. The Hall–Kier alpha value is -1.82. The van der Waals surface area contributed by atoms with Gasteiger partial charge in [-0.1, -0.05) is 0 Å². The summed E-state index contributed by atoms with van der Waals surface area (Å²) < 4.78 is 10.6. The molecule has 5 nitrogen and oxygen atoms in total. The predicted molar refractivity (Wildman–Crippen MR) is 74.2 cm³/mol. The molecule has 0 fully saturated rings. The minimum Gasteiger partial charge on any atom is -0.503 e. The normalized spacial score (nSPS) is 16.5. The molecule has 1 aromatic carbocycles. The fourth-order valence-electron chi connectivity index (χ4n) is 1.62. The molecule has 1 aliphatic rings. The van der Waals surface area contributed by atoms with Crippen LogP contribution in [0, 0.1) is 0 Å². The van der Waals surface area contributed by atoms with Crippen LogP contribution in [0.15, 0.2) is 27.3 Å². The number of aliphatic imine (C=N–C) groups is 1. The number of hydrogen-bond acceptors (Lipinski definition) is 5. The second kappa shape index (κ2) is 5.44. The second-order valence-corrected chi connectivity index (χ2v) is 4.69. The third-order valence-corrected chi connectivity index (χ3v) is 2.99. The molecule has 0 aliphatic carbocycles. The Morgan fingerprint density at radius 1 is 1.53 bits per heavy atom. The minimum atomic E-state index is -0.486. The molecule has 100 valence electrons. The summed E-state index contributed by atoms with van der Waals surface area (Å²) in [5.41, 5.74) is 0.899. The first kappa shape index (κ1) is 13.6. The van der Waals surface area contributed by atoms with Crippen molar-refractivity contribution < 1.29 is 19.4 Å². The number of hydrogen-bond donors (Lipinski definition) is 1. The van der Waals surface area contributed by atoms with Gasteiger partial charge in [-0.2, -0.15) is 0 Å². The summed E-state index contributed by atoms with van der Waals surface area (Å²) in [6, 6.07) is 3.30. The lowest BCUT2D eigenvalue weighted by Crippen LogP contribution is -2.00. The van der Waals surface area contributed by atoms with E-state index < -0.39 is 5.97 Å². The molecule has 0 amide bonds. The van der Waals surface area contributed by atoms with Gasteiger partial charge in [0.05, 0.1) is 11.1 Å². The van der Waals surface area contributed by atoms with Crippen molar-refractivity contribution in [1.29, 1.82) is 0 Å². The van der Waals surface area contributed by atoms with Crippen molar-refractivity contribution in [2.75, 3.05) is 6.61 Å². The summed E-state index contributed by atoms with van der Waals surface area (Å²) in [6.07, 6.45) is 1.57. The highest BCUT2D eigenvalue weighted by molar-refractivity contribution is 9.10. The molecule has 0 aromatic heterocycles. The number of benzene rings is 1. The van der Waals surface area contributed by atoms with Crippen LogP contribution < -0.4 is 4.74 Å². The number of nitrogens with zero attached hydrogens (tertiary/aromatic N) is 1. The first-order valence-electron chi connectivity index (χ1n) is 5.65. The fraction of sp³-hybridized carbons (Fsp3) is 0.231. The van der Waals surface area contributed by atoms with Crippen LogP contribution >= 0.6 is 15.9 Å². The molecule has 1 heterocycles. The number of phenolic OH excluding ortho intramolecular Hbond substituents is 1. The molecule has 0 radical (unpaired) electrons. The lowest BCUT2D eigenvalue weighted by molar-refractivity contribution is -0.130. The van der Waals surface area contributed by atoms with Crippen LogP contribution in [0.5, 0.6) is 11.5 Å². The van der Waals surface area contributed by atoms with E-state index in [9.17, 15) is 9.90 Å². The Labute approximate surface area is 118 Å². The van der Waals surface area contributed by atoms with E-state index in [0.29, 0.717) is 28.3 Å². The van der Waals surface area contributed by atoms with E-state index in [1.165, 1.54) is 0 Å². The van der Waals surface area contributed by atoms with Crippen molar-refractivity contribution in [2.24, 2.45) is 4.99 Å². The molecule has 2 rings (SSSR count). The van der Waals surface area contributed by atoms with Crippen LogP contribution in [-0.2, 0) is 9.53 Å². The van der Waals surface area contributed by atoms with Crippen molar-refractivity contribution in [3.05, 3.63) is 27.9 Å². The van der Waals surface area contributed by atoms with Crippen LogP contribution in [0.25, 0.3) is 6.08 Å². The number of carbonyl (C=O) groups is 1. The number of aromatic hydroxyl groups is 1. The van der Waals surface area contributed by atoms with E-state index in [1.54, 1.807) is 25.1 Å². The van der Waals surface area contributed by atoms with Crippen LogP contribution in [0.3, 0.4) is 0 Å². The zero-order valence-electron chi connectivity index (χ0n) is 10.4. The maximum absolute atomic E-state index is 11.5. The second-order valence-electron chi connectivity index (χ2n) is 3.83. The number of phenols is 1. The van der Waals surface area contributed by atoms with E-state index in [0.717, 1.165) is 0 Å². The molecule has 0 spiro atoms. The van der Waals surface area contributed by atoms with Gasteiger partial charge in [0.25, 0.3) is 0 Å². The largest absolute Gasteiger partial charge is 0.503 e. The highest BCUT2D eigenvalue weighted by Crippen LogP contribution is 2.36. The Morgan fingerprint density at radius 2 is 2.26 bits per heavy atom. The molecule has 0 atom stereocenters. The van der Waals surface area contributed by atoms with Gasteiger partial charge in [0.1, 0.15) is 0 Å². The number of cyclic esters (lactones) is 1. The highest BCUT2D eigenvalue weighted by atomic mass is 79.9. The number of rotatable bonds is 3. The predicted octanol–water partition coefficient (Wildman–Crippen LogP) is 2.87. The summed E-state index contributed by atoms with van der Waals surface area (Å²) in [5, 5.41) is 9.80. The van der Waals surface area contributed by atoms with E-state index in [2.05, 4.69) is 20.9 Å². The quantitative estimate of drug-likeness (QED) is 0.685. The highest BCUT2D eigenvalue weighted by Gasteiger charge is 2.20. The third kappa shape index (κ3) is 2.96. The number of carbonyl (C=O) groups excluding carboxylic acids is 1. The Kier molecular flexibility index (Phi) is 3.90. The first-order valence-corrected chi connectivity index (χ1v) is 6.45. The van der Waals surface area contributed by atoms with Gasteiger partial charge >= 0.3 is 5.97 Å². The Bertz CT molecular complexity index is 593. The standard InChI is InChI=1S/C13H12BrNO4/c1-3-18-11-6-8(4-9(14)12(11)16)5-10-13(17)19-7(2)15-10/h4-6,16H,3H2,1-2H3/b10-5+. The summed E-state index contributed by atoms with van der Waals surface area (Å²) in [7, 11) is 0. The van der Waals surface area contributed by atoms with Crippen molar-refractivity contribution >= 4 is 33.9 Å². The Balaban J connectivity index is 2.41. The van der Waals surface area contributed by atoms with Gasteiger partial charge in [0, 0.05) is 6.92 Å². The van der Waals surface area contributed by atoms with Crippen molar-refractivity contribution in [3.63, 3.8) is 0 Å². The van der Waals surface area contributed by atoms with E-state index in [-0.39, 0.29) is 11.4 Å². The van der Waals surface area contributed by atoms with Crippen LogP contribution in [0.1, 0.15) is 19.4 Å². The maximum atomic E-state index is 11.5. The molecule has 0 saturated heterocycles. The van der Waals surface area contributed by atoms with E-state index in [4.69, 9.17) is 9.47 Å². The average molecular weight is 326 g/mol. The van der Waals surface area contributed by atoms with Crippen molar-refractivity contribution in [3.8, 4) is 11.5 Å².